The summed E-state index contributed by atoms with van der Waals surface area (Å²) in [4.78, 5) is 26.3. The largest absolute Gasteiger partial charge is 0.484 e. The molecule has 2 aliphatic heterocycles. The standard InChI is InChI=1S/C15H14N4O3/c20-12-7-15(22-13-4-2-1-3-10(12)13)5-6-19(9-15)14(21)11-8-16-18-17-11/h1-4,8H,5-7,9H2,(H,16,17,18)/t15-/m1/s1. The summed E-state index contributed by atoms with van der Waals surface area (Å²) in [6.45, 7) is 0.930. The van der Waals surface area contributed by atoms with Crippen molar-refractivity contribution < 1.29 is 14.3 Å². The molecule has 4 rings (SSSR count). The molecule has 0 saturated carbocycles. The Labute approximate surface area is 126 Å². The van der Waals surface area contributed by atoms with E-state index in [1.165, 1.54) is 6.20 Å². The van der Waals surface area contributed by atoms with Gasteiger partial charge < -0.3 is 9.64 Å². The van der Waals surface area contributed by atoms with Gasteiger partial charge in [-0.2, -0.15) is 15.4 Å². The smallest absolute Gasteiger partial charge is 0.276 e. The van der Waals surface area contributed by atoms with Crippen molar-refractivity contribution in [1.29, 1.82) is 0 Å². The molecule has 0 unspecified atom stereocenters. The van der Waals surface area contributed by atoms with Crippen LogP contribution in [0.2, 0.25) is 0 Å². The number of amides is 1. The molecule has 1 spiro atoms. The Morgan fingerprint density at radius 2 is 2.23 bits per heavy atom. The molecule has 7 nitrogen and oxygen atoms in total. The highest BCUT2D eigenvalue weighted by molar-refractivity contribution is 6.00. The van der Waals surface area contributed by atoms with Gasteiger partial charge in [0, 0.05) is 13.0 Å². The molecule has 1 saturated heterocycles. The van der Waals surface area contributed by atoms with Crippen molar-refractivity contribution in [2.75, 3.05) is 13.1 Å². The van der Waals surface area contributed by atoms with E-state index in [9.17, 15) is 9.59 Å². The van der Waals surface area contributed by atoms with Gasteiger partial charge in [0.1, 0.15) is 11.4 Å². The first-order valence-electron chi connectivity index (χ1n) is 7.13. The van der Waals surface area contributed by atoms with E-state index in [1.807, 2.05) is 12.1 Å². The number of fused-ring (bicyclic) bond motifs is 1. The molecule has 1 N–H and O–H groups in total. The number of likely N-dealkylation sites (tertiary alicyclic amines) is 1. The Hall–Kier alpha value is -2.70. The lowest BCUT2D eigenvalue weighted by Gasteiger charge is -2.34. The van der Waals surface area contributed by atoms with Crippen LogP contribution in [0.5, 0.6) is 5.75 Å². The molecule has 2 aromatic rings. The fourth-order valence-electron chi connectivity index (χ4n) is 3.16. The molecule has 1 aromatic heterocycles. The number of rotatable bonds is 1. The average Bonchev–Trinajstić information content (AvgIpc) is 3.17. The fourth-order valence-corrected chi connectivity index (χ4v) is 3.16. The van der Waals surface area contributed by atoms with Crippen LogP contribution in [0.1, 0.15) is 33.7 Å². The van der Waals surface area contributed by atoms with E-state index in [-0.39, 0.29) is 17.4 Å². The number of hydrogen-bond donors (Lipinski definition) is 1. The first-order valence-corrected chi connectivity index (χ1v) is 7.13. The lowest BCUT2D eigenvalue weighted by molar-refractivity contribution is 0.0427. The highest BCUT2D eigenvalue weighted by atomic mass is 16.5. The number of nitrogens with one attached hydrogen (secondary N) is 1. The number of nitrogens with zero attached hydrogens (tertiary/aromatic N) is 3. The topological polar surface area (TPSA) is 88.2 Å². The van der Waals surface area contributed by atoms with Crippen LogP contribution in [0.3, 0.4) is 0 Å². The van der Waals surface area contributed by atoms with Crippen LogP contribution in [-0.4, -0.2) is 50.7 Å². The van der Waals surface area contributed by atoms with Crippen molar-refractivity contribution in [3.8, 4) is 5.75 Å². The molecule has 22 heavy (non-hydrogen) atoms. The third-order valence-electron chi connectivity index (χ3n) is 4.23. The second-order valence-electron chi connectivity index (χ2n) is 5.71. The molecule has 2 aliphatic rings. The Balaban J connectivity index is 1.58. The molecular weight excluding hydrogens is 284 g/mol. The fraction of sp³-hybridized carbons (Fsp3) is 0.333. The predicted octanol–water partition coefficient (Wildman–Crippen LogP) is 1.05. The number of benzene rings is 1. The monoisotopic (exact) mass is 298 g/mol. The van der Waals surface area contributed by atoms with Gasteiger partial charge >= 0.3 is 0 Å². The number of para-hydroxylation sites is 1. The molecule has 1 fully saturated rings. The van der Waals surface area contributed by atoms with Crippen molar-refractivity contribution in [3.63, 3.8) is 0 Å². The number of aromatic amines is 1. The van der Waals surface area contributed by atoms with Gasteiger partial charge in [-0.15, -0.1) is 0 Å². The van der Waals surface area contributed by atoms with E-state index in [0.29, 0.717) is 37.2 Å². The number of ether oxygens (including phenoxy) is 1. The van der Waals surface area contributed by atoms with Gasteiger partial charge in [-0.25, -0.2) is 0 Å². The van der Waals surface area contributed by atoms with Crippen LogP contribution in [0.25, 0.3) is 0 Å². The number of carbonyl (C=O) groups excluding carboxylic acids is 2. The van der Waals surface area contributed by atoms with E-state index >= 15 is 0 Å². The van der Waals surface area contributed by atoms with E-state index in [0.717, 1.165) is 0 Å². The van der Waals surface area contributed by atoms with Crippen LogP contribution >= 0.6 is 0 Å². The van der Waals surface area contributed by atoms with E-state index < -0.39 is 5.60 Å². The van der Waals surface area contributed by atoms with Crippen LogP contribution in [-0.2, 0) is 0 Å². The summed E-state index contributed by atoms with van der Waals surface area (Å²) in [7, 11) is 0. The molecule has 0 radical (unpaired) electrons. The highest BCUT2D eigenvalue weighted by Crippen LogP contribution is 2.38. The van der Waals surface area contributed by atoms with Gasteiger partial charge in [0.05, 0.1) is 24.7 Å². The second kappa shape index (κ2) is 4.66. The van der Waals surface area contributed by atoms with Crippen LogP contribution in [0.15, 0.2) is 30.5 Å². The Morgan fingerprint density at radius 1 is 1.36 bits per heavy atom. The Bertz CT molecular complexity index is 743. The highest BCUT2D eigenvalue weighted by Gasteiger charge is 2.47. The van der Waals surface area contributed by atoms with E-state index in [4.69, 9.17) is 4.74 Å². The number of aromatic nitrogens is 3. The predicted molar refractivity (Wildman–Crippen MR) is 75.7 cm³/mol. The first kappa shape index (κ1) is 13.0. The average molecular weight is 298 g/mol. The second-order valence-corrected chi connectivity index (χ2v) is 5.71. The molecule has 7 heteroatoms. The van der Waals surface area contributed by atoms with Gasteiger partial charge in [0.2, 0.25) is 0 Å². The maximum absolute atomic E-state index is 12.3. The minimum Gasteiger partial charge on any atom is -0.484 e. The van der Waals surface area contributed by atoms with E-state index in [1.54, 1.807) is 17.0 Å². The van der Waals surface area contributed by atoms with Crippen molar-refractivity contribution in [2.24, 2.45) is 0 Å². The number of ketones is 1. The van der Waals surface area contributed by atoms with Crippen LogP contribution in [0, 0.1) is 0 Å². The van der Waals surface area contributed by atoms with Gasteiger partial charge in [-0.3, -0.25) is 9.59 Å². The van der Waals surface area contributed by atoms with Gasteiger partial charge in [-0.05, 0) is 12.1 Å². The zero-order valence-electron chi connectivity index (χ0n) is 11.8. The number of Topliss-reactive ketones (excluding diaryl/α,β-unsaturated/α-hetero) is 1. The lowest BCUT2D eigenvalue weighted by Crippen LogP contribution is -2.45. The third-order valence-corrected chi connectivity index (χ3v) is 4.23. The quantitative estimate of drug-likeness (QED) is 0.850. The number of hydrogen-bond acceptors (Lipinski definition) is 5. The normalized spacial score (nSPS) is 23.5. The molecule has 1 amide bonds. The molecule has 0 aliphatic carbocycles. The van der Waals surface area contributed by atoms with Crippen molar-refractivity contribution in [2.45, 2.75) is 18.4 Å². The zero-order valence-corrected chi connectivity index (χ0v) is 11.8. The third kappa shape index (κ3) is 1.97. The van der Waals surface area contributed by atoms with Crippen LogP contribution < -0.4 is 4.74 Å². The summed E-state index contributed by atoms with van der Waals surface area (Å²) in [5.74, 6) is 0.479. The summed E-state index contributed by atoms with van der Waals surface area (Å²) in [5.41, 5.74) is 0.277. The first-order chi connectivity index (χ1) is 10.7. The summed E-state index contributed by atoms with van der Waals surface area (Å²) in [5, 5.41) is 9.89. The molecule has 1 atom stereocenters. The lowest BCUT2D eigenvalue weighted by atomic mass is 9.89. The van der Waals surface area contributed by atoms with Crippen LogP contribution in [0.4, 0.5) is 0 Å². The van der Waals surface area contributed by atoms with Crippen molar-refractivity contribution in [3.05, 3.63) is 41.7 Å². The molecule has 3 heterocycles. The number of H-pyrrole nitrogens is 1. The van der Waals surface area contributed by atoms with E-state index in [2.05, 4.69) is 15.4 Å². The molecule has 112 valence electrons. The minimum absolute atomic E-state index is 0.0672. The van der Waals surface area contributed by atoms with Gasteiger partial charge in [0.25, 0.3) is 5.91 Å². The number of carbonyl (C=O) groups is 2. The zero-order chi connectivity index (χ0) is 15.2. The molecule has 1 aromatic carbocycles. The summed E-state index contributed by atoms with van der Waals surface area (Å²) in [6, 6.07) is 7.25. The summed E-state index contributed by atoms with van der Waals surface area (Å²) >= 11 is 0. The maximum atomic E-state index is 12.3. The SMILES string of the molecule is O=C1C[C@@]2(CCN(C(=O)c3cn[nH]n3)C2)Oc2ccccc21. The van der Waals surface area contributed by atoms with Gasteiger partial charge in [-0.1, -0.05) is 12.1 Å². The minimum atomic E-state index is -0.620. The Kier molecular flexibility index (Phi) is 2.75. The summed E-state index contributed by atoms with van der Waals surface area (Å²) < 4.78 is 6.09. The van der Waals surface area contributed by atoms with Crippen molar-refractivity contribution in [1.82, 2.24) is 20.3 Å². The van der Waals surface area contributed by atoms with Gasteiger partial charge in [0.15, 0.2) is 11.5 Å². The molecular formula is C15H14N4O3. The maximum Gasteiger partial charge on any atom is 0.276 e. The Morgan fingerprint density at radius 3 is 3.05 bits per heavy atom. The van der Waals surface area contributed by atoms with Crippen molar-refractivity contribution >= 4 is 11.7 Å². The molecule has 0 bridgehead atoms. The summed E-state index contributed by atoms with van der Waals surface area (Å²) in [6.07, 6.45) is 2.33.